The summed E-state index contributed by atoms with van der Waals surface area (Å²) in [5, 5.41) is 12.1. The Morgan fingerprint density at radius 3 is 2.18 bits per heavy atom. The van der Waals surface area contributed by atoms with Crippen LogP contribution >= 0.6 is 0 Å². The molecule has 1 fully saturated rings. The number of esters is 1. The van der Waals surface area contributed by atoms with Crippen LogP contribution in [-0.4, -0.2) is 23.5 Å². The molecule has 0 aromatic rings. The zero-order valence-electron chi connectivity index (χ0n) is 10.5. The number of carbonyl (C=O) groups is 1. The molecule has 1 aliphatic rings. The monoisotopic (exact) mass is 241 g/mol. The molecule has 1 saturated heterocycles. The van der Waals surface area contributed by atoms with Gasteiger partial charge in [0.2, 0.25) is 0 Å². The van der Waals surface area contributed by atoms with Gasteiger partial charge in [-0.25, -0.2) is 0 Å². The minimum absolute atomic E-state index is 0.0930. The van der Waals surface area contributed by atoms with Crippen molar-refractivity contribution in [1.82, 2.24) is 0 Å². The van der Waals surface area contributed by atoms with Crippen LogP contribution in [0.25, 0.3) is 0 Å². The molecule has 1 rings (SSSR count). The highest BCUT2D eigenvalue weighted by molar-refractivity contribution is 5.83. The molecular formula is C13H23NO3. The van der Waals surface area contributed by atoms with E-state index in [1.807, 2.05) is 0 Å². The van der Waals surface area contributed by atoms with E-state index in [0.29, 0.717) is 13.0 Å². The van der Waals surface area contributed by atoms with E-state index < -0.39 is 0 Å². The standard InChI is InChI=1S/C13H23NO3/c15-13-10-6-4-2-1-3-5-8-12(14-16)9-7-11-17-13/h16H,1-11H2/b14-12+. The van der Waals surface area contributed by atoms with Crippen molar-refractivity contribution in [2.24, 2.45) is 5.16 Å². The van der Waals surface area contributed by atoms with Gasteiger partial charge in [-0.2, -0.15) is 0 Å². The first kappa shape index (κ1) is 14.0. The van der Waals surface area contributed by atoms with Crippen molar-refractivity contribution < 1.29 is 14.7 Å². The molecule has 1 N–H and O–H groups in total. The number of cyclic esters (lactones) is 1. The number of hydrogen-bond donors (Lipinski definition) is 1. The number of nitrogens with zero attached hydrogens (tertiary/aromatic N) is 1. The average molecular weight is 241 g/mol. The molecule has 0 unspecified atom stereocenters. The van der Waals surface area contributed by atoms with Gasteiger partial charge in [0.15, 0.2) is 0 Å². The Balaban J connectivity index is 2.32. The summed E-state index contributed by atoms with van der Waals surface area (Å²) in [6, 6.07) is 0. The summed E-state index contributed by atoms with van der Waals surface area (Å²) < 4.78 is 5.10. The number of rotatable bonds is 0. The maximum Gasteiger partial charge on any atom is 0.305 e. The van der Waals surface area contributed by atoms with E-state index >= 15 is 0 Å². The van der Waals surface area contributed by atoms with Crippen molar-refractivity contribution in [3.8, 4) is 0 Å². The van der Waals surface area contributed by atoms with Gasteiger partial charge in [-0.1, -0.05) is 30.8 Å². The first-order valence-electron chi connectivity index (χ1n) is 6.68. The molecular weight excluding hydrogens is 218 g/mol. The van der Waals surface area contributed by atoms with Crippen LogP contribution in [0, 0.1) is 0 Å². The molecule has 0 spiro atoms. The smallest absolute Gasteiger partial charge is 0.305 e. The van der Waals surface area contributed by atoms with E-state index in [4.69, 9.17) is 9.94 Å². The molecule has 0 amide bonds. The van der Waals surface area contributed by atoms with Crippen molar-refractivity contribution in [2.45, 2.75) is 64.2 Å². The quantitative estimate of drug-likeness (QED) is 0.402. The SMILES string of the molecule is O=C1CCCCCCCC/C(=N\O)CCCO1. The van der Waals surface area contributed by atoms with Crippen LogP contribution in [0.15, 0.2) is 5.16 Å². The summed E-state index contributed by atoms with van der Waals surface area (Å²) >= 11 is 0. The van der Waals surface area contributed by atoms with E-state index in [9.17, 15) is 4.79 Å². The Labute approximate surface area is 103 Å². The molecule has 1 aliphatic heterocycles. The van der Waals surface area contributed by atoms with Gasteiger partial charge in [0.1, 0.15) is 0 Å². The van der Waals surface area contributed by atoms with E-state index in [1.165, 1.54) is 19.3 Å². The summed E-state index contributed by atoms with van der Waals surface area (Å²) in [4.78, 5) is 11.3. The van der Waals surface area contributed by atoms with E-state index in [1.54, 1.807) is 0 Å². The predicted molar refractivity (Wildman–Crippen MR) is 66.4 cm³/mol. The van der Waals surface area contributed by atoms with Gasteiger partial charge < -0.3 is 9.94 Å². The number of oxime groups is 1. The number of ether oxygens (including phenoxy) is 1. The first-order valence-corrected chi connectivity index (χ1v) is 6.68. The summed E-state index contributed by atoms with van der Waals surface area (Å²) in [6.07, 6.45) is 9.60. The Hall–Kier alpha value is -1.06. The molecule has 4 heteroatoms. The zero-order valence-corrected chi connectivity index (χ0v) is 10.5. The fourth-order valence-corrected chi connectivity index (χ4v) is 2.06. The molecule has 0 radical (unpaired) electrons. The fourth-order valence-electron chi connectivity index (χ4n) is 2.06. The van der Waals surface area contributed by atoms with Gasteiger partial charge in [-0.15, -0.1) is 0 Å². The molecule has 0 saturated carbocycles. The molecule has 1 heterocycles. The largest absolute Gasteiger partial charge is 0.466 e. The lowest BCUT2D eigenvalue weighted by atomic mass is 10.0. The lowest BCUT2D eigenvalue weighted by Gasteiger charge is -2.08. The average Bonchev–Trinajstić information content (AvgIpc) is 2.34. The number of carbonyl (C=O) groups excluding carboxylic acids is 1. The Kier molecular flexibility index (Phi) is 7.43. The summed E-state index contributed by atoms with van der Waals surface area (Å²) in [6.45, 7) is 0.442. The highest BCUT2D eigenvalue weighted by Crippen LogP contribution is 2.12. The first-order chi connectivity index (χ1) is 8.33. The van der Waals surface area contributed by atoms with E-state index in [0.717, 1.165) is 44.2 Å². The minimum Gasteiger partial charge on any atom is -0.466 e. The molecule has 98 valence electrons. The Morgan fingerprint density at radius 1 is 0.882 bits per heavy atom. The van der Waals surface area contributed by atoms with Crippen molar-refractivity contribution in [3.05, 3.63) is 0 Å². The third kappa shape index (κ3) is 6.97. The van der Waals surface area contributed by atoms with Crippen molar-refractivity contribution >= 4 is 11.7 Å². The Bertz CT molecular complexity index is 251. The van der Waals surface area contributed by atoms with Gasteiger partial charge >= 0.3 is 5.97 Å². The lowest BCUT2D eigenvalue weighted by Crippen LogP contribution is -2.08. The van der Waals surface area contributed by atoms with Crippen molar-refractivity contribution in [1.29, 1.82) is 0 Å². The Morgan fingerprint density at radius 2 is 1.47 bits per heavy atom. The molecule has 0 aromatic carbocycles. The fraction of sp³-hybridized carbons (Fsp3) is 0.846. The van der Waals surface area contributed by atoms with E-state index in [-0.39, 0.29) is 5.97 Å². The van der Waals surface area contributed by atoms with Crippen LogP contribution in [0.1, 0.15) is 64.2 Å². The second-order valence-corrected chi connectivity index (χ2v) is 4.61. The van der Waals surface area contributed by atoms with Crippen LogP contribution in [-0.2, 0) is 9.53 Å². The number of hydrogen-bond acceptors (Lipinski definition) is 4. The second-order valence-electron chi connectivity index (χ2n) is 4.61. The van der Waals surface area contributed by atoms with Crippen LogP contribution in [0.4, 0.5) is 0 Å². The molecule has 0 aromatic heterocycles. The van der Waals surface area contributed by atoms with Crippen LogP contribution in [0.3, 0.4) is 0 Å². The predicted octanol–water partition coefficient (Wildman–Crippen LogP) is 3.27. The molecule has 0 atom stereocenters. The minimum atomic E-state index is -0.0930. The maximum atomic E-state index is 11.3. The van der Waals surface area contributed by atoms with Crippen LogP contribution < -0.4 is 0 Å². The molecule has 4 nitrogen and oxygen atoms in total. The summed E-state index contributed by atoms with van der Waals surface area (Å²) in [7, 11) is 0. The van der Waals surface area contributed by atoms with Gasteiger partial charge in [-0.05, 0) is 32.1 Å². The summed E-state index contributed by atoms with van der Waals surface area (Å²) in [5.74, 6) is -0.0930. The third-order valence-corrected chi connectivity index (χ3v) is 3.11. The summed E-state index contributed by atoms with van der Waals surface area (Å²) in [5.41, 5.74) is 0.832. The van der Waals surface area contributed by atoms with Crippen molar-refractivity contribution in [2.75, 3.05) is 6.61 Å². The van der Waals surface area contributed by atoms with Crippen LogP contribution in [0.5, 0.6) is 0 Å². The molecule has 0 bridgehead atoms. The van der Waals surface area contributed by atoms with Crippen LogP contribution in [0.2, 0.25) is 0 Å². The normalized spacial score (nSPS) is 24.0. The third-order valence-electron chi connectivity index (χ3n) is 3.11. The van der Waals surface area contributed by atoms with Gasteiger partial charge in [-0.3, -0.25) is 4.79 Å². The highest BCUT2D eigenvalue weighted by atomic mass is 16.5. The van der Waals surface area contributed by atoms with Gasteiger partial charge in [0.25, 0.3) is 0 Å². The zero-order chi connectivity index (χ0) is 12.3. The lowest BCUT2D eigenvalue weighted by molar-refractivity contribution is -0.143. The van der Waals surface area contributed by atoms with Gasteiger partial charge in [0, 0.05) is 6.42 Å². The van der Waals surface area contributed by atoms with Crippen molar-refractivity contribution in [3.63, 3.8) is 0 Å². The highest BCUT2D eigenvalue weighted by Gasteiger charge is 2.06. The topological polar surface area (TPSA) is 58.9 Å². The second kappa shape index (κ2) is 9.02. The molecule has 0 aliphatic carbocycles. The van der Waals surface area contributed by atoms with Gasteiger partial charge in [0.05, 0.1) is 12.3 Å². The maximum absolute atomic E-state index is 11.3. The van der Waals surface area contributed by atoms with E-state index in [2.05, 4.69) is 5.16 Å². The molecule has 17 heavy (non-hydrogen) atoms.